The number of non-ortho nitro benzene ring substituents is 1. The van der Waals surface area contributed by atoms with Crippen molar-refractivity contribution in [1.82, 2.24) is 9.78 Å². The summed E-state index contributed by atoms with van der Waals surface area (Å²) in [5, 5.41) is 67.1. The second-order valence-corrected chi connectivity index (χ2v) is 14.7. The first-order valence-electron chi connectivity index (χ1n) is 16.0. The molecule has 1 radical (unpaired) electrons. The molecule has 0 atom stereocenters. The number of hydrogen-bond acceptors (Lipinski definition) is 14. The van der Waals surface area contributed by atoms with Crippen molar-refractivity contribution in [3.05, 3.63) is 135 Å². The maximum atomic E-state index is 12.6. The van der Waals surface area contributed by atoms with Gasteiger partial charge in [-0.1, -0.05) is 84.0 Å². The minimum absolute atomic E-state index is 0. The number of azo groups is 2. The molecule has 7 aromatic rings. The smallest absolute Gasteiger partial charge is 0.871 e. The van der Waals surface area contributed by atoms with Crippen LogP contribution in [0.3, 0.4) is 0 Å². The minimum atomic E-state index is -4.59. The van der Waals surface area contributed by atoms with Gasteiger partial charge in [0.2, 0.25) is 0 Å². The number of nitrogens with zero attached hydrogens (tertiary/aromatic N) is 6. The van der Waals surface area contributed by atoms with E-state index in [-0.39, 0.29) is 108 Å². The number of aromatic amines is 1. The fraction of sp³-hybridized carbons (Fsp3) is 0.0278. The zero-order valence-electron chi connectivity index (χ0n) is 30.3. The molecule has 0 aliphatic carbocycles. The molecular weight excluding hydrogens is 862 g/mol. The maximum absolute atomic E-state index is 12.6. The van der Waals surface area contributed by atoms with Gasteiger partial charge in [0, 0.05) is 28.3 Å². The standard InChI is InChI=1S/C20H14N2O5S.C16H13N5O7S.Cr.Na/c23-16-10-9-12-5-1-2-6-13(12)19(16)21-22-20-15-8-4-3-7-14(15)18(11-17(20)24)28(25,26)27;1-9-15(18-17-13-8-11(21(24)25)4-7-14(13)22)16(23)20(19-9)10-2-5-12(6-3-10)29(26,27)28;;/h1-11,23-24H,(H,25,26,27);2-8,19,22H,1H3,(H,26,27,28);;/q;;+3;+1/p-3. The van der Waals surface area contributed by atoms with Crippen LogP contribution in [0.5, 0.6) is 17.2 Å². The number of H-pyrrole nitrogens is 1. The van der Waals surface area contributed by atoms with E-state index in [4.69, 9.17) is 4.55 Å². The molecule has 0 saturated carbocycles. The Balaban J connectivity index is 0.000000252. The van der Waals surface area contributed by atoms with Crippen molar-refractivity contribution in [2.75, 3.05) is 0 Å². The van der Waals surface area contributed by atoms with Crippen molar-refractivity contribution in [3.8, 4) is 22.9 Å². The summed E-state index contributed by atoms with van der Waals surface area (Å²) >= 11 is 0. The SMILES string of the molecule is Cc1[nH]n(-c2ccc(S(=O)(=O)O)cc2)c(=O)c1N=Nc1cc([N+](=O)[O-])ccc1[O-].O=S(=O)(O)c1cc([O-])c(N=Nc2c([O-])ccc3ccccc23)c2ccccc12.[Cr+3].[Na+]. The Morgan fingerprint density at radius 1 is 0.661 bits per heavy atom. The van der Waals surface area contributed by atoms with Crippen LogP contribution < -0.4 is 50.4 Å². The van der Waals surface area contributed by atoms with Gasteiger partial charge in [0.1, 0.15) is 4.90 Å². The summed E-state index contributed by atoms with van der Waals surface area (Å²) in [6, 6.07) is 24.9. The average Bonchev–Trinajstić information content (AvgIpc) is 3.45. The first-order chi connectivity index (χ1) is 26.9. The van der Waals surface area contributed by atoms with Crippen molar-refractivity contribution in [2.24, 2.45) is 20.5 Å². The summed E-state index contributed by atoms with van der Waals surface area (Å²) in [7, 11) is -8.97. The number of nitro groups is 1. The number of fused-ring (bicyclic) bond motifs is 2. The molecule has 59 heavy (non-hydrogen) atoms. The molecule has 6 aromatic carbocycles. The van der Waals surface area contributed by atoms with Gasteiger partial charge in [-0.25, -0.2) is 4.68 Å². The molecule has 3 N–H and O–H groups in total. The van der Waals surface area contributed by atoms with E-state index in [1.54, 1.807) is 30.3 Å². The molecule has 0 aliphatic heterocycles. The third-order valence-electron chi connectivity index (χ3n) is 8.18. The normalized spacial score (nSPS) is 11.6. The number of nitro benzene ring substituents is 1. The van der Waals surface area contributed by atoms with Gasteiger partial charge in [0.15, 0.2) is 5.69 Å². The van der Waals surface area contributed by atoms with Crippen LogP contribution in [-0.2, 0) is 37.6 Å². The number of hydrogen-bond donors (Lipinski definition) is 3. The predicted octanol–water partition coefficient (Wildman–Crippen LogP) is 2.92. The average molecular weight is 886 g/mol. The number of rotatable bonds is 8. The first-order valence-corrected chi connectivity index (χ1v) is 18.9. The summed E-state index contributed by atoms with van der Waals surface area (Å²) in [5.41, 5.74) is -0.930. The summed E-state index contributed by atoms with van der Waals surface area (Å²) in [6.45, 7) is 1.52. The number of nitrogens with one attached hydrogen (secondary N) is 1. The monoisotopic (exact) mass is 885 g/mol. The van der Waals surface area contributed by atoms with Gasteiger partial charge in [-0.15, -0.1) is 5.11 Å². The molecule has 0 unspecified atom stereocenters. The molecule has 1 heterocycles. The molecular formula is C36H24CrN7NaO12S2+. The summed E-state index contributed by atoms with van der Waals surface area (Å²) in [5.74, 6) is -1.69. The van der Waals surface area contributed by atoms with Crippen LogP contribution in [0, 0.1) is 17.0 Å². The summed E-state index contributed by atoms with van der Waals surface area (Å²) in [6.07, 6.45) is 0. The van der Waals surface area contributed by atoms with Crippen LogP contribution in [0.4, 0.5) is 28.4 Å². The fourth-order valence-corrected chi connectivity index (χ4v) is 6.65. The van der Waals surface area contributed by atoms with Gasteiger partial charge in [-0.3, -0.25) is 29.1 Å². The molecule has 19 nitrogen and oxygen atoms in total. The zero-order valence-corrected chi connectivity index (χ0v) is 35.2. The van der Waals surface area contributed by atoms with E-state index in [9.17, 15) is 51.6 Å². The van der Waals surface area contributed by atoms with Gasteiger partial charge in [-0.2, -0.15) is 32.2 Å². The van der Waals surface area contributed by atoms with Crippen molar-refractivity contribution >= 4 is 70.2 Å². The molecule has 23 heteroatoms. The van der Waals surface area contributed by atoms with Gasteiger partial charge < -0.3 is 15.3 Å². The largest absolute Gasteiger partial charge is 3.00 e. The van der Waals surface area contributed by atoms with Crippen LogP contribution in [-0.4, -0.2) is 40.6 Å². The summed E-state index contributed by atoms with van der Waals surface area (Å²) < 4.78 is 64.9. The van der Waals surface area contributed by atoms with Gasteiger partial charge in [0.05, 0.1) is 38.3 Å². The zero-order chi connectivity index (χ0) is 41.2. The Morgan fingerprint density at radius 2 is 1.22 bits per heavy atom. The minimum Gasteiger partial charge on any atom is -0.871 e. The Bertz CT molecular complexity index is 3090. The molecule has 293 valence electrons. The van der Waals surface area contributed by atoms with Crippen LogP contribution in [0.1, 0.15) is 5.69 Å². The molecule has 0 amide bonds. The second kappa shape index (κ2) is 18.4. The Kier molecular flexibility index (Phi) is 14.3. The van der Waals surface area contributed by atoms with Crippen molar-refractivity contribution in [1.29, 1.82) is 0 Å². The third kappa shape index (κ3) is 10.1. The predicted molar refractivity (Wildman–Crippen MR) is 198 cm³/mol. The Labute approximate surface area is 366 Å². The van der Waals surface area contributed by atoms with Crippen LogP contribution in [0.2, 0.25) is 0 Å². The van der Waals surface area contributed by atoms with Crippen LogP contribution in [0.25, 0.3) is 27.2 Å². The van der Waals surface area contributed by atoms with Crippen molar-refractivity contribution < 1.29 is 93.1 Å². The topological polar surface area (TPSA) is 308 Å². The second-order valence-electron chi connectivity index (χ2n) is 11.9. The van der Waals surface area contributed by atoms with Gasteiger partial charge in [0.25, 0.3) is 31.5 Å². The fourth-order valence-electron chi connectivity index (χ4n) is 5.46. The summed E-state index contributed by atoms with van der Waals surface area (Å²) in [4.78, 5) is 21.9. The Morgan fingerprint density at radius 3 is 1.83 bits per heavy atom. The van der Waals surface area contributed by atoms with Crippen molar-refractivity contribution in [3.63, 3.8) is 0 Å². The van der Waals surface area contributed by atoms with E-state index in [1.165, 1.54) is 37.3 Å². The molecule has 0 aliphatic rings. The first kappa shape index (κ1) is 45.9. The van der Waals surface area contributed by atoms with Crippen LogP contribution >= 0.6 is 0 Å². The van der Waals surface area contributed by atoms with Crippen molar-refractivity contribution in [2.45, 2.75) is 16.7 Å². The Hall–Kier alpha value is -5.80. The van der Waals surface area contributed by atoms with E-state index in [0.717, 1.165) is 46.5 Å². The molecule has 0 spiro atoms. The number of aryl methyl sites for hydroxylation is 1. The number of aromatic nitrogens is 2. The molecule has 0 saturated heterocycles. The maximum Gasteiger partial charge on any atom is 3.00 e. The molecule has 0 bridgehead atoms. The molecule has 0 fully saturated rings. The molecule has 7 rings (SSSR count). The third-order valence-corrected chi connectivity index (χ3v) is 9.94. The molecule has 1 aromatic heterocycles. The van der Waals surface area contributed by atoms with E-state index in [1.807, 2.05) is 12.1 Å². The quantitative estimate of drug-likeness (QED) is 0.0652. The van der Waals surface area contributed by atoms with Gasteiger partial charge >= 0.3 is 46.9 Å². The van der Waals surface area contributed by atoms with E-state index in [2.05, 4.69) is 25.6 Å². The van der Waals surface area contributed by atoms with E-state index in [0.29, 0.717) is 5.39 Å². The van der Waals surface area contributed by atoms with E-state index >= 15 is 0 Å². The van der Waals surface area contributed by atoms with E-state index < -0.39 is 47.1 Å². The van der Waals surface area contributed by atoms with Crippen LogP contribution in [0.15, 0.2) is 144 Å². The van der Waals surface area contributed by atoms with Gasteiger partial charge in [-0.05, 0) is 42.6 Å². The number of benzene rings is 6.